The van der Waals surface area contributed by atoms with Gasteiger partial charge in [-0.05, 0) is 64.9 Å². The first-order valence-electron chi connectivity index (χ1n) is 9.11. The second kappa shape index (κ2) is 7.56. The van der Waals surface area contributed by atoms with Crippen LogP contribution >= 0.6 is 0 Å². The van der Waals surface area contributed by atoms with Crippen molar-refractivity contribution in [3.8, 4) is 11.1 Å². The van der Waals surface area contributed by atoms with Gasteiger partial charge in [-0.3, -0.25) is 9.59 Å². The van der Waals surface area contributed by atoms with Gasteiger partial charge in [0.25, 0.3) is 11.8 Å². The number of hydrogen-bond donors (Lipinski definition) is 2. The highest BCUT2D eigenvalue weighted by atomic mass is 16.2. The van der Waals surface area contributed by atoms with Gasteiger partial charge in [0, 0.05) is 24.2 Å². The highest BCUT2D eigenvalue weighted by molar-refractivity contribution is 6.05. The van der Waals surface area contributed by atoms with E-state index in [0.29, 0.717) is 24.2 Å². The molecule has 0 spiro atoms. The number of fused-ring (bicyclic) bond motifs is 3. The molecule has 0 unspecified atom stereocenters. The van der Waals surface area contributed by atoms with Crippen LogP contribution in [0.25, 0.3) is 16.7 Å². The molecule has 0 fully saturated rings. The van der Waals surface area contributed by atoms with Gasteiger partial charge in [-0.15, -0.1) is 0 Å². The fourth-order valence-corrected chi connectivity index (χ4v) is 3.17. The summed E-state index contributed by atoms with van der Waals surface area (Å²) in [6.45, 7) is 9.57. The van der Waals surface area contributed by atoms with Crippen molar-refractivity contribution in [2.75, 3.05) is 13.1 Å². The number of amides is 2. The number of carbonyl (C=O) groups is 2. The van der Waals surface area contributed by atoms with E-state index in [1.807, 2.05) is 50.2 Å². The minimum absolute atomic E-state index is 0.0713. The van der Waals surface area contributed by atoms with Gasteiger partial charge in [-0.1, -0.05) is 32.6 Å². The van der Waals surface area contributed by atoms with Crippen molar-refractivity contribution in [2.45, 2.75) is 26.7 Å². The first kappa shape index (κ1) is 17.9. The van der Waals surface area contributed by atoms with Crippen molar-refractivity contribution >= 4 is 17.4 Å². The van der Waals surface area contributed by atoms with E-state index in [1.54, 1.807) is 0 Å². The summed E-state index contributed by atoms with van der Waals surface area (Å²) in [6.07, 6.45) is 1.80. The molecule has 2 N–H and O–H groups in total. The lowest BCUT2D eigenvalue weighted by atomic mass is 10.0. The van der Waals surface area contributed by atoms with Crippen LogP contribution < -0.4 is 10.6 Å². The van der Waals surface area contributed by atoms with E-state index < -0.39 is 0 Å². The fourth-order valence-electron chi connectivity index (χ4n) is 3.17. The molecule has 1 aliphatic carbocycles. The summed E-state index contributed by atoms with van der Waals surface area (Å²) in [5, 5.41) is 5.80. The van der Waals surface area contributed by atoms with Gasteiger partial charge in [0.15, 0.2) is 0 Å². The third-order valence-electron chi connectivity index (χ3n) is 4.58. The number of nitrogens with one attached hydrogen (secondary N) is 2. The zero-order chi connectivity index (χ0) is 18.7. The molecular formula is C22H24N2O2. The Bertz CT molecular complexity index is 812. The largest absolute Gasteiger partial charge is 0.352 e. The summed E-state index contributed by atoms with van der Waals surface area (Å²) in [5.41, 5.74) is 6.13. The van der Waals surface area contributed by atoms with Crippen molar-refractivity contribution in [1.82, 2.24) is 10.6 Å². The van der Waals surface area contributed by atoms with Crippen LogP contribution in [0.3, 0.4) is 0 Å². The maximum absolute atomic E-state index is 12.2. The van der Waals surface area contributed by atoms with Gasteiger partial charge in [0.2, 0.25) is 0 Å². The maximum Gasteiger partial charge on any atom is 0.251 e. The molecule has 0 aliphatic heterocycles. The zero-order valence-electron chi connectivity index (χ0n) is 15.3. The second-order valence-electron chi connectivity index (χ2n) is 6.51. The van der Waals surface area contributed by atoms with Crippen LogP contribution in [0.5, 0.6) is 0 Å². The van der Waals surface area contributed by atoms with Gasteiger partial charge < -0.3 is 10.6 Å². The maximum atomic E-state index is 12.2. The summed E-state index contributed by atoms with van der Waals surface area (Å²) in [5.74, 6) is -0.143. The van der Waals surface area contributed by atoms with E-state index in [9.17, 15) is 9.59 Å². The Hall–Kier alpha value is -2.88. The Morgan fingerprint density at radius 3 is 1.58 bits per heavy atom. The molecule has 0 bridgehead atoms. The summed E-state index contributed by atoms with van der Waals surface area (Å²) < 4.78 is 0. The Kier molecular flexibility index (Phi) is 5.21. The lowest BCUT2D eigenvalue weighted by Crippen LogP contribution is -2.23. The Balaban J connectivity index is 1.91. The molecule has 4 heteroatoms. The molecule has 134 valence electrons. The number of carbonyl (C=O) groups excluding carboxylic acids is 2. The smallest absolute Gasteiger partial charge is 0.251 e. The normalized spacial score (nSPS) is 11.7. The summed E-state index contributed by atoms with van der Waals surface area (Å²) >= 11 is 0. The quantitative estimate of drug-likeness (QED) is 0.707. The average Bonchev–Trinajstić information content (AvgIpc) is 2.95. The van der Waals surface area contributed by atoms with Gasteiger partial charge in [-0.2, -0.15) is 0 Å². The van der Waals surface area contributed by atoms with Crippen LogP contribution in [0.2, 0.25) is 0 Å². The first-order chi connectivity index (χ1) is 12.6. The van der Waals surface area contributed by atoms with Crippen LogP contribution in [0.15, 0.2) is 43.0 Å². The molecule has 0 saturated carbocycles. The van der Waals surface area contributed by atoms with E-state index in [1.165, 1.54) is 0 Å². The number of hydrogen-bond acceptors (Lipinski definition) is 2. The lowest BCUT2D eigenvalue weighted by molar-refractivity contribution is 0.0945. The van der Waals surface area contributed by atoms with E-state index in [2.05, 4.69) is 17.2 Å². The van der Waals surface area contributed by atoms with Crippen LogP contribution in [0.4, 0.5) is 0 Å². The predicted molar refractivity (Wildman–Crippen MR) is 105 cm³/mol. The monoisotopic (exact) mass is 348 g/mol. The standard InChI is InChI=1S/C22H24N2O2/c1-4-10-23-21(25)15-6-8-17-18-9-7-16(22(26)24-11-5-2)13-20(18)14(3)19(17)12-15/h6-9,12-13H,3-5,10-11H2,1-2H3,(H,23,25)(H,24,26). The topological polar surface area (TPSA) is 58.2 Å². The molecule has 0 aromatic heterocycles. The van der Waals surface area contributed by atoms with Gasteiger partial charge in [0.05, 0.1) is 0 Å². The van der Waals surface area contributed by atoms with E-state index >= 15 is 0 Å². The van der Waals surface area contributed by atoms with Crippen molar-refractivity contribution in [1.29, 1.82) is 0 Å². The molecule has 2 aromatic rings. The molecule has 0 heterocycles. The van der Waals surface area contributed by atoms with Crippen molar-refractivity contribution in [2.24, 2.45) is 0 Å². The molecular weight excluding hydrogens is 324 g/mol. The molecule has 0 atom stereocenters. The third kappa shape index (κ3) is 3.27. The highest BCUT2D eigenvalue weighted by Crippen LogP contribution is 2.44. The summed E-state index contributed by atoms with van der Waals surface area (Å²) in [7, 11) is 0. The zero-order valence-corrected chi connectivity index (χ0v) is 15.3. The minimum atomic E-state index is -0.0713. The van der Waals surface area contributed by atoms with Gasteiger partial charge >= 0.3 is 0 Å². The second-order valence-corrected chi connectivity index (χ2v) is 6.51. The SMILES string of the molecule is C=C1c2cc(C(=O)NCCC)ccc2-c2ccc(C(=O)NCCC)cc21. The summed E-state index contributed by atoms with van der Waals surface area (Å²) in [4.78, 5) is 24.5. The number of benzene rings is 2. The third-order valence-corrected chi connectivity index (χ3v) is 4.58. The Morgan fingerprint density at radius 2 is 1.19 bits per heavy atom. The number of rotatable bonds is 6. The Labute approximate surface area is 154 Å². The fraction of sp³-hybridized carbons (Fsp3) is 0.273. The molecule has 1 aliphatic rings. The van der Waals surface area contributed by atoms with E-state index in [4.69, 9.17) is 0 Å². The van der Waals surface area contributed by atoms with Gasteiger partial charge in [-0.25, -0.2) is 0 Å². The van der Waals surface area contributed by atoms with Crippen molar-refractivity contribution in [3.05, 3.63) is 65.2 Å². The molecule has 4 nitrogen and oxygen atoms in total. The lowest BCUT2D eigenvalue weighted by Gasteiger charge is -2.06. The van der Waals surface area contributed by atoms with Gasteiger partial charge in [0.1, 0.15) is 0 Å². The molecule has 0 saturated heterocycles. The van der Waals surface area contributed by atoms with Crippen LogP contribution in [0, 0.1) is 0 Å². The Morgan fingerprint density at radius 1 is 0.769 bits per heavy atom. The molecule has 2 aromatic carbocycles. The first-order valence-corrected chi connectivity index (χ1v) is 9.11. The average molecular weight is 348 g/mol. The van der Waals surface area contributed by atoms with E-state index in [0.717, 1.165) is 40.7 Å². The van der Waals surface area contributed by atoms with Crippen LogP contribution in [0.1, 0.15) is 58.5 Å². The van der Waals surface area contributed by atoms with E-state index in [-0.39, 0.29) is 11.8 Å². The highest BCUT2D eigenvalue weighted by Gasteiger charge is 2.24. The minimum Gasteiger partial charge on any atom is -0.352 e. The van der Waals surface area contributed by atoms with Crippen molar-refractivity contribution < 1.29 is 9.59 Å². The van der Waals surface area contributed by atoms with Crippen LogP contribution in [-0.2, 0) is 0 Å². The molecule has 3 rings (SSSR count). The summed E-state index contributed by atoms with van der Waals surface area (Å²) in [6, 6.07) is 11.4. The van der Waals surface area contributed by atoms with Crippen LogP contribution in [-0.4, -0.2) is 24.9 Å². The predicted octanol–water partition coefficient (Wildman–Crippen LogP) is 4.01. The van der Waals surface area contributed by atoms with Crippen molar-refractivity contribution in [3.63, 3.8) is 0 Å². The molecule has 26 heavy (non-hydrogen) atoms. The molecule has 0 radical (unpaired) electrons. The molecule has 2 amide bonds.